The maximum Gasteiger partial charge on any atom is 0.409 e. The summed E-state index contributed by atoms with van der Waals surface area (Å²) in [4.78, 5) is 78.2. The largest absolute Gasteiger partial charge is 0.469 e. The van der Waals surface area contributed by atoms with Gasteiger partial charge in [-0.05, 0) is 139 Å². The number of hydrogen-bond acceptors (Lipinski definition) is 13. The molecule has 4 amide bonds. The molecule has 3 aliphatic carbocycles. The van der Waals surface area contributed by atoms with Crippen molar-refractivity contribution in [3.63, 3.8) is 0 Å². The first-order valence-corrected chi connectivity index (χ1v) is 33.4. The Morgan fingerprint density at radius 1 is 0.753 bits per heavy atom. The molecular formula is C70H99ClN8O10. The third-order valence-electron chi connectivity index (χ3n) is 19.5. The van der Waals surface area contributed by atoms with Crippen LogP contribution in [0.1, 0.15) is 162 Å². The Balaban J connectivity index is 0.746. The SMILES string of the molecule is COC(=O)CCCN(C(=O)c1ccc(C(C)(C)C)cc1)C1(C(=O)NCCN2CCOCC2)CCN(C(=O)OCC2C3CCc4nnn(CCOCCOCCN(Cc5ccc(C(C)(C)C)cc5)C(=O)C(c5ccc(Cl)cc5)C5CCCCC5)c4CCC32)CC1. The molecule has 3 aromatic carbocycles. The average Bonchev–Trinajstić information content (AvgIpc) is 1.97. The Kier molecular flexibility index (Phi) is 23.8. The summed E-state index contributed by atoms with van der Waals surface area (Å²) in [5.41, 5.74) is 5.68. The first-order chi connectivity index (χ1) is 42.8. The normalized spacial score (nSPS) is 20.0. The van der Waals surface area contributed by atoms with Gasteiger partial charge in [0.05, 0.1) is 77.2 Å². The molecule has 0 spiro atoms. The van der Waals surface area contributed by atoms with Crippen LogP contribution >= 0.6 is 11.6 Å². The number of piperidine rings is 1. The highest BCUT2D eigenvalue weighted by Gasteiger charge is 2.52. The number of benzene rings is 3. The predicted molar refractivity (Wildman–Crippen MR) is 343 cm³/mol. The zero-order valence-corrected chi connectivity index (χ0v) is 54.9. The van der Waals surface area contributed by atoms with Crippen LogP contribution in [0.2, 0.25) is 5.02 Å². The number of rotatable bonds is 26. The van der Waals surface area contributed by atoms with Crippen LogP contribution in [0.3, 0.4) is 0 Å². The molecule has 1 aromatic heterocycles. The fraction of sp³-hybridized carbons (Fsp3) is 0.643. The first-order valence-electron chi connectivity index (χ1n) is 33.0. The smallest absolute Gasteiger partial charge is 0.409 e. The molecule has 5 aliphatic rings. The quantitative estimate of drug-likeness (QED) is 0.0463. The number of fused-ring (bicyclic) bond motifs is 2. The molecule has 1 N–H and O–H groups in total. The fourth-order valence-electron chi connectivity index (χ4n) is 14.0. The van der Waals surface area contributed by atoms with Gasteiger partial charge in [-0.15, -0.1) is 5.10 Å². The van der Waals surface area contributed by atoms with Crippen LogP contribution in [0.5, 0.6) is 0 Å². The number of hydrogen-bond donors (Lipinski definition) is 1. The molecule has 9 rings (SSSR count). The minimum absolute atomic E-state index is 0.0313. The second-order valence-electron chi connectivity index (χ2n) is 27.4. The molecule has 4 unspecified atom stereocenters. The van der Waals surface area contributed by atoms with Crippen molar-refractivity contribution in [1.82, 2.24) is 39.9 Å². The third kappa shape index (κ3) is 18.0. The molecule has 4 fully saturated rings. The molecule has 4 atom stereocenters. The number of halogens is 1. The summed E-state index contributed by atoms with van der Waals surface area (Å²) in [7, 11) is 1.34. The Morgan fingerprint density at radius 2 is 1.39 bits per heavy atom. The van der Waals surface area contributed by atoms with Gasteiger partial charge in [0.25, 0.3) is 5.91 Å². The van der Waals surface area contributed by atoms with Crippen molar-refractivity contribution in [2.75, 3.05) is 106 Å². The highest BCUT2D eigenvalue weighted by atomic mass is 35.5. The van der Waals surface area contributed by atoms with E-state index in [0.717, 1.165) is 92.5 Å². The number of nitrogens with zero attached hydrogens (tertiary/aromatic N) is 7. The number of nitrogens with one attached hydrogen (secondary N) is 1. The predicted octanol–water partition coefficient (Wildman–Crippen LogP) is 10.2. The Bertz CT molecular complexity index is 2940. The topological polar surface area (TPSA) is 187 Å². The number of aromatic nitrogens is 3. The van der Waals surface area contributed by atoms with Gasteiger partial charge in [-0.1, -0.05) is 126 Å². The monoisotopic (exact) mass is 1250 g/mol. The van der Waals surface area contributed by atoms with Crippen LogP contribution < -0.4 is 5.32 Å². The molecule has 0 radical (unpaired) electrons. The number of amides is 4. The van der Waals surface area contributed by atoms with Crippen molar-refractivity contribution < 1.29 is 47.7 Å². The molecule has 89 heavy (non-hydrogen) atoms. The highest BCUT2D eigenvalue weighted by Crippen LogP contribution is 2.53. The van der Waals surface area contributed by atoms with E-state index in [2.05, 4.69) is 86.3 Å². The van der Waals surface area contributed by atoms with Crippen molar-refractivity contribution in [1.29, 1.82) is 0 Å². The standard InChI is InChI=1S/C70H99ClN8O10/c1-68(2,3)54-21-15-50(16-22-54)48-77(65(82)63(51-12-9-8-10-13-51)52-19-25-56(71)26-20-52)40-44-87-46-47-88-45-41-79-61-30-28-58-57(27-29-60(61)73-74-79)59(58)49-89-67(84)76-35-31-70(32-36-76,66(83)72-33-37-75-38-42-86-43-39-75)78(34-11-14-62(80)85-7)64(81)53-17-23-55(24-18-53)69(4,5)6/h15-26,51,57-59,63H,8-14,27-49H2,1-7H3,(H,72,83). The minimum atomic E-state index is -1.29. The van der Waals surface area contributed by atoms with Gasteiger partial charge in [0.15, 0.2) is 0 Å². The average molecular weight is 1250 g/mol. The lowest BCUT2D eigenvalue weighted by molar-refractivity contribution is -0.141. The summed E-state index contributed by atoms with van der Waals surface area (Å²) < 4.78 is 30.9. The zero-order chi connectivity index (χ0) is 63.1. The van der Waals surface area contributed by atoms with Gasteiger partial charge in [-0.3, -0.25) is 24.1 Å². The molecule has 2 saturated heterocycles. The summed E-state index contributed by atoms with van der Waals surface area (Å²) in [5, 5.41) is 13.0. The summed E-state index contributed by atoms with van der Waals surface area (Å²) in [6.07, 6.45) is 9.45. The second-order valence-corrected chi connectivity index (χ2v) is 27.8. The Morgan fingerprint density at radius 3 is 2.04 bits per heavy atom. The van der Waals surface area contributed by atoms with Crippen molar-refractivity contribution in [2.45, 2.75) is 160 Å². The number of ether oxygens (including phenoxy) is 5. The van der Waals surface area contributed by atoms with Gasteiger partial charge < -0.3 is 43.7 Å². The van der Waals surface area contributed by atoms with E-state index < -0.39 is 17.6 Å². The number of aryl methyl sites for hydroxylation is 1. The van der Waals surface area contributed by atoms with Gasteiger partial charge >= 0.3 is 12.1 Å². The molecule has 4 aromatic rings. The van der Waals surface area contributed by atoms with Crippen LogP contribution in [-0.4, -0.2) is 176 Å². The van der Waals surface area contributed by atoms with Gasteiger partial charge in [-0.2, -0.15) is 0 Å². The van der Waals surface area contributed by atoms with E-state index in [9.17, 15) is 24.0 Å². The number of morpholine rings is 1. The van der Waals surface area contributed by atoms with E-state index in [1.807, 2.05) is 58.1 Å². The first kappa shape index (κ1) is 67.5. The van der Waals surface area contributed by atoms with E-state index in [1.165, 1.54) is 19.1 Å². The van der Waals surface area contributed by atoms with Crippen LogP contribution in [0, 0.1) is 23.7 Å². The van der Waals surface area contributed by atoms with Gasteiger partial charge in [0.1, 0.15) is 5.54 Å². The van der Waals surface area contributed by atoms with Crippen LogP contribution in [0.25, 0.3) is 0 Å². The Labute approximate surface area is 533 Å². The van der Waals surface area contributed by atoms with E-state index in [-0.39, 0.29) is 85.2 Å². The summed E-state index contributed by atoms with van der Waals surface area (Å²) in [6, 6.07) is 24.1. The Hall–Kier alpha value is -5.92. The van der Waals surface area contributed by atoms with E-state index in [0.29, 0.717) is 108 Å². The zero-order valence-electron chi connectivity index (χ0n) is 54.1. The van der Waals surface area contributed by atoms with Crippen molar-refractivity contribution in [2.24, 2.45) is 23.7 Å². The summed E-state index contributed by atoms with van der Waals surface area (Å²) in [5.74, 6) is 0.299. The maximum atomic E-state index is 14.8. The van der Waals surface area contributed by atoms with E-state index in [4.69, 9.17) is 35.3 Å². The van der Waals surface area contributed by atoms with Gasteiger partial charge in [-0.25, -0.2) is 9.48 Å². The number of carbonyl (C=O) groups excluding carboxylic acids is 5. The van der Waals surface area contributed by atoms with Crippen LogP contribution in [0.4, 0.5) is 4.79 Å². The van der Waals surface area contributed by atoms with Crippen molar-refractivity contribution in [3.8, 4) is 0 Å². The molecule has 18 nitrogen and oxygen atoms in total. The number of carbonyl (C=O) groups is 5. The van der Waals surface area contributed by atoms with Gasteiger partial charge in [0.2, 0.25) is 11.8 Å². The highest BCUT2D eigenvalue weighted by molar-refractivity contribution is 6.30. The fourth-order valence-corrected chi connectivity index (χ4v) is 14.1. The van der Waals surface area contributed by atoms with E-state index >= 15 is 0 Å². The second kappa shape index (κ2) is 31.4. The van der Waals surface area contributed by atoms with E-state index in [1.54, 1.807) is 9.80 Å². The van der Waals surface area contributed by atoms with Crippen LogP contribution in [-0.2, 0) is 74.8 Å². The molecule has 2 aliphatic heterocycles. The maximum absolute atomic E-state index is 14.8. The lowest BCUT2D eigenvalue weighted by Crippen LogP contribution is -2.65. The molecule has 0 bridgehead atoms. The molecule has 486 valence electrons. The molecule has 2 saturated carbocycles. The molecule has 19 heteroatoms. The third-order valence-corrected chi connectivity index (χ3v) is 19.8. The summed E-state index contributed by atoms with van der Waals surface area (Å²) in [6.45, 7) is 20.9. The number of methoxy groups -OCH3 is 1. The van der Waals surface area contributed by atoms with Crippen molar-refractivity contribution in [3.05, 3.63) is 117 Å². The minimum Gasteiger partial charge on any atom is -0.469 e. The van der Waals surface area contributed by atoms with Crippen LogP contribution in [0.15, 0.2) is 72.8 Å². The molecule has 3 heterocycles. The lowest BCUT2D eigenvalue weighted by atomic mass is 9.76. The summed E-state index contributed by atoms with van der Waals surface area (Å²) >= 11 is 6.34. The number of likely N-dealkylation sites (tertiary alicyclic amines) is 1. The van der Waals surface area contributed by atoms with Crippen molar-refractivity contribution >= 4 is 41.4 Å². The number of esters is 1. The van der Waals surface area contributed by atoms with Gasteiger partial charge in [0, 0.05) is 75.9 Å². The lowest BCUT2D eigenvalue weighted by Gasteiger charge is -2.47. The molecular weight excluding hydrogens is 1150 g/mol.